The van der Waals surface area contributed by atoms with Crippen LogP contribution in [0.25, 0.3) is 0 Å². The van der Waals surface area contributed by atoms with E-state index in [4.69, 9.17) is 11.6 Å². The van der Waals surface area contributed by atoms with Crippen molar-refractivity contribution in [2.45, 2.75) is 19.9 Å². The van der Waals surface area contributed by atoms with Crippen molar-refractivity contribution >= 4 is 27.5 Å². The van der Waals surface area contributed by atoms with Gasteiger partial charge in [0.2, 0.25) is 0 Å². The molecule has 1 unspecified atom stereocenters. The lowest BCUT2D eigenvalue weighted by Gasteiger charge is -2.13. The van der Waals surface area contributed by atoms with Gasteiger partial charge in [0.1, 0.15) is 0 Å². The molecule has 1 aromatic carbocycles. The van der Waals surface area contributed by atoms with E-state index >= 15 is 0 Å². The van der Waals surface area contributed by atoms with Crippen molar-refractivity contribution in [2.24, 2.45) is 0 Å². The molecule has 0 saturated carbocycles. The number of rotatable bonds is 2. The Balaban J connectivity index is 2.43. The lowest BCUT2D eigenvalue weighted by Crippen LogP contribution is -2.20. The molecule has 1 aromatic heterocycles. The van der Waals surface area contributed by atoms with Crippen molar-refractivity contribution in [3.05, 3.63) is 55.4 Å². The van der Waals surface area contributed by atoms with Gasteiger partial charge in [-0.05, 0) is 47.5 Å². The van der Waals surface area contributed by atoms with Crippen molar-refractivity contribution in [1.82, 2.24) is 9.78 Å². The summed E-state index contributed by atoms with van der Waals surface area (Å²) in [5.41, 5.74) is 1.85. The Hall–Kier alpha value is -1.00. The van der Waals surface area contributed by atoms with Crippen molar-refractivity contribution in [3.8, 4) is 0 Å². The van der Waals surface area contributed by atoms with Crippen LogP contribution >= 0.6 is 27.5 Å². The molecule has 0 spiro atoms. The van der Waals surface area contributed by atoms with E-state index in [0.29, 0.717) is 5.02 Å². The highest BCUT2D eigenvalue weighted by molar-refractivity contribution is 9.10. The molecule has 0 radical (unpaired) electrons. The summed E-state index contributed by atoms with van der Waals surface area (Å²) in [5.74, 6) is 0. The van der Waals surface area contributed by atoms with Crippen molar-refractivity contribution in [1.29, 1.82) is 0 Å². The number of aryl methyl sites for hydroxylation is 1. The van der Waals surface area contributed by atoms with E-state index in [1.165, 1.54) is 0 Å². The minimum atomic E-state index is -0.0511. The smallest absolute Gasteiger partial charge is 0.267 e. The van der Waals surface area contributed by atoms with Crippen molar-refractivity contribution in [2.75, 3.05) is 0 Å². The number of benzene rings is 1. The van der Waals surface area contributed by atoms with Gasteiger partial charge in [0.05, 0.1) is 11.1 Å². The molecule has 0 aliphatic heterocycles. The second-order valence-electron chi connectivity index (χ2n) is 4.00. The van der Waals surface area contributed by atoms with Crippen LogP contribution in [0.2, 0.25) is 5.02 Å². The third-order valence-electron chi connectivity index (χ3n) is 2.69. The van der Waals surface area contributed by atoms with Gasteiger partial charge < -0.3 is 0 Å². The second kappa shape index (κ2) is 4.70. The maximum Gasteiger partial charge on any atom is 0.267 e. The molecule has 1 heterocycles. The molecule has 90 valence electrons. The number of halogens is 2. The maximum atomic E-state index is 11.7. The van der Waals surface area contributed by atoms with Gasteiger partial charge in [-0.3, -0.25) is 9.89 Å². The molecule has 0 saturated heterocycles. The zero-order chi connectivity index (χ0) is 12.6. The largest absolute Gasteiger partial charge is 0.299 e. The van der Waals surface area contributed by atoms with Gasteiger partial charge in [0.15, 0.2) is 0 Å². The Kier molecular flexibility index (Phi) is 3.45. The number of nitrogens with zero attached hydrogens (tertiary/aromatic N) is 1. The monoisotopic (exact) mass is 314 g/mol. The van der Waals surface area contributed by atoms with Gasteiger partial charge in [0, 0.05) is 16.2 Å². The van der Waals surface area contributed by atoms with Crippen molar-refractivity contribution < 1.29 is 0 Å². The lowest BCUT2D eigenvalue weighted by atomic mass is 10.1. The predicted octanol–water partition coefficient (Wildman–Crippen LogP) is 3.51. The molecule has 2 rings (SSSR count). The van der Waals surface area contributed by atoms with Gasteiger partial charge in [0.25, 0.3) is 5.56 Å². The molecule has 1 N–H and O–H groups in total. The first-order chi connectivity index (χ1) is 7.99. The van der Waals surface area contributed by atoms with Gasteiger partial charge >= 0.3 is 0 Å². The lowest BCUT2D eigenvalue weighted by molar-refractivity contribution is 0.544. The first-order valence-corrected chi connectivity index (χ1v) is 6.39. The van der Waals surface area contributed by atoms with Gasteiger partial charge in [-0.1, -0.05) is 17.7 Å². The van der Waals surface area contributed by atoms with Crippen LogP contribution in [0, 0.1) is 6.92 Å². The van der Waals surface area contributed by atoms with E-state index in [1.54, 1.807) is 10.7 Å². The third kappa shape index (κ3) is 2.48. The fourth-order valence-corrected chi connectivity index (χ4v) is 2.26. The van der Waals surface area contributed by atoms with Crippen LogP contribution < -0.4 is 5.56 Å². The average molecular weight is 316 g/mol. The van der Waals surface area contributed by atoms with Crippen LogP contribution in [0.3, 0.4) is 0 Å². The summed E-state index contributed by atoms with van der Waals surface area (Å²) < 4.78 is 2.44. The predicted molar refractivity (Wildman–Crippen MR) is 72.8 cm³/mol. The Bertz CT molecular complexity index is 603. The van der Waals surface area contributed by atoms with Crippen LogP contribution in [0.5, 0.6) is 0 Å². The minimum Gasteiger partial charge on any atom is -0.299 e. The average Bonchev–Trinajstić information content (AvgIpc) is 2.61. The summed E-state index contributed by atoms with van der Waals surface area (Å²) in [7, 11) is 0. The Labute approximate surface area is 113 Å². The summed E-state index contributed by atoms with van der Waals surface area (Å²) in [4.78, 5) is 11.7. The van der Waals surface area contributed by atoms with Crippen LogP contribution in [-0.2, 0) is 0 Å². The van der Waals surface area contributed by atoms with E-state index in [2.05, 4.69) is 21.0 Å². The number of aromatic amines is 1. The molecule has 3 nitrogen and oxygen atoms in total. The molecule has 0 aliphatic carbocycles. The zero-order valence-electron chi connectivity index (χ0n) is 9.50. The first kappa shape index (κ1) is 12.5. The molecule has 0 amide bonds. The molecule has 0 fully saturated rings. The highest BCUT2D eigenvalue weighted by Gasteiger charge is 2.12. The molecule has 1 atom stereocenters. The molecule has 5 heteroatoms. The van der Waals surface area contributed by atoms with Crippen molar-refractivity contribution in [3.63, 3.8) is 0 Å². The SMILES string of the molecule is Cc1cc(=O)n(C(C)c2ccc(Cl)c(Br)c2)[nH]1. The van der Waals surface area contributed by atoms with E-state index in [0.717, 1.165) is 15.7 Å². The standard InChI is InChI=1S/C12H12BrClN2O/c1-7-5-12(17)16(15-7)8(2)9-3-4-11(14)10(13)6-9/h3-6,8,15H,1-2H3. The van der Waals surface area contributed by atoms with Crippen LogP contribution in [0.4, 0.5) is 0 Å². The minimum absolute atomic E-state index is 0.0268. The number of nitrogens with one attached hydrogen (secondary N) is 1. The molecule has 0 aliphatic rings. The first-order valence-electron chi connectivity index (χ1n) is 5.22. The van der Waals surface area contributed by atoms with Gasteiger partial charge in [-0.2, -0.15) is 0 Å². The van der Waals surface area contributed by atoms with E-state index in [9.17, 15) is 4.79 Å². The summed E-state index contributed by atoms with van der Waals surface area (Å²) >= 11 is 9.32. The molecule has 0 bridgehead atoms. The Morgan fingerprint density at radius 2 is 2.12 bits per heavy atom. The summed E-state index contributed by atoms with van der Waals surface area (Å²) in [5, 5.41) is 3.70. The number of H-pyrrole nitrogens is 1. The third-order valence-corrected chi connectivity index (χ3v) is 3.90. The molecular formula is C12H12BrClN2O. The Morgan fingerprint density at radius 3 is 2.65 bits per heavy atom. The van der Waals surface area contributed by atoms with Gasteiger partial charge in [-0.25, -0.2) is 4.68 Å². The summed E-state index contributed by atoms with van der Waals surface area (Å²) in [6.45, 7) is 3.83. The topological polar surface area (TPSA) is 37.8 Å². The second-order valence-corrected chi connectivity index (χ2v) is 5.26. The normalized spacial score (nSPS) is 12.7. The maximum absolute atomic E-state index is 11.7. The van der Waals surface area contributed by atoms with Gasteiger partial charge in [-0.15, -0.1) is 0 Å². The van der Waals surface area contributed by atoms with Crippen LogP contribution in [0.15, 0.2) is 33.5 Å². The summed E-state index contributed by atoms with van der Waals surface area (Å²) in [6, 6.07) is 7.19. The highest BCUT2D eigenvalue weighted by atomic mass is 79.9. The quantitative estimate of drug-likeness (QED) is 0.905. The van der Waals surface area contributed by atoms with E-state index in [-0.39, 0.29) is 11.6 Å². The van der Waals surface area contributed by atoms with E-state index in [1.807, 2.05) is 32.0 Å². The summed E-state index contributed by atoms with van der Waals surface area (Å²) in [6.07, 6.45) is 0. The molecule has 17 heavy (non-hydrogen) atoms. The van der Waals surface area contributed by atoms with Crippen LogP contribution in [-0.4, -0.2) is 9.78 Å². The molecular weight excluding hydrogens is 304 g/mol. The Morgan fingerprint density at radius 1 is 1.41 bits per heavy atom. The van der Waals surface area contributed by atoms with E-state index < -0.39 is 0 Å². The highest BCUT2D eigenvalue weighted by Crippen LogP contribution is 2.26. The fraction of sp³-hybridized carbons (Fsp3) is 0.250. The molecule has 2 aromatic rings. The van der Waals surface area contributed by atoms with Crippen LogP contribution in [0.1, 0.15) is 24.2 Å². The number of hydrogen-bond donors (Lipinski definition) is 1. The zero-order valence-corrected chi connectivity index (χ0v) is 11.8. The number of aromatic nitrogens is 2. The fourth-order valence-electron chi connectivity index (χ4n) is 1.74. The number of hydrogen-bond acceptors (Lipinski definition) is 1.